The average Bonchev–Trinajstić information content (AvgIpc) is 3.15. The molecule has 1 saturated heterocycles. The van der Waals surface area contributed by atoms with E-state index in [9.17, 15) is 14.7 Å². The first-order chi connectivity index (χ1) is 14.1. The summed E-state index contributed by atoms with van der Waals surface area (Å²) in [5, 5.41) is 13.2. The zero-order valence-electron chi connectivity index (χ0n) is 16.3. The number of amides is 2. The number of hydrogen-bond acceptors (Lipinski definition) is 4. The summed E-state index contributed by atoms with van der Waals surface area (Å²) in [6.07, 6.45) is 1.82. The molecule has 6 nitrogen and oxygen atoms in total. The number of likely N-dealkylation sites (tertiary alicyclic amines) is 1. The molecule has 4 rings (SSSR count). The summed E-state index contributed by atoms with van der Waals surface area (Å²) in [6, 6.07) is 16.8. The number of ether oxygens (including phenoxy) is 1. The first-order valence-electron chi connectivity index (χ1n) is 10.2. The number of β-amino-alcohol motifs (C(OH)–C–C–N with tert-alkyl or cyclic N) is 1. The van der Waals surface area contributed by atoms with E-state index >= 15 is 0 Å². The lowest BCUT2D eigenvalue weighted by Gasteiger charge is -2.29. The molecule has 1 heterocycles. The van der Waals surface area contributed by atoms with Gasteiger partial charge in [0.1, 0.15) is 12.6 Å². The van der Waals surface area contributed by atoms with Crippen molar-refractivity contribution in [3.8, 4) is 0 Å². The summed E-state index contributed by atoms with van der Waals surface area (Å²) in [5.41, 5.74) is 3.28. The number of carbonyl (C=O) groups excluding carboxylic acids is 2. The highest BCUT2D eigenvalue weighted by Crippen LogP contribution is 2.30. The Balaban J connectivity index is 1.41. The van der Waals surface area contributed by atoms with Gasteiger partial charge in [0.25, 0.3) is 0 Å². The van der Waals surface area contributed by atoms with Crippen LogP contribution in [0.15, 0.2) is 54.6 Å². The fraction of sp³-hybridized carbons (Fsp3) is 0.391. The van der Waals surface area contributed by atoms with Gasteiger partial charge in [-0.25, -0.2) is 4.79 Å². The molecule has 6 heteroatoms. The van der Waals surface area contributed by atoms with Crippen molar-refractivity contribution >= 4 is 12.0 Å². The lowest BCUT2D eigenvalue weighted by molar-refractivity contribution is -0.126. The SMILES string of the molecule is O=C(NC1CCCc2ccccc21)[C@H]1CC(O)CN1C(=O)OCc1ccccc1. The van der Waals surface area contributed by atoms with Crippen LogP contribution in [-0.4, -0.2) is 40.7 Å². The summed E-state index contributed by atoms with van der Waals surface area (Å²) in [5.74, 6) is -0.236. The maximum atomic E-state index is 13.0. The van der Waals surface area contributed by atoms with E-state index in [1.807, 2.05) is 42.5 Å². The van der Waals surface area contributed by atoms with E-state index in [0.717, 1.165) is 30.4 Å². The van der Waals surface area contributed by atoms with Crippen molar-refractivity contribution in [2.45, 2.75) is 50.5 Å². The van der Waals surface area contributed by atoms with Crippen LogP contribution in [0.4, 0.5) is 4.79 Å². The third kappa shape index (κ3) is 4.43. The molecule has 0 bridgehead atoms. The molecule has 0 saturated carbocycles. The molecule has 2 unspecified atom stereocenters. The van der Waals surface area contributed by atoms with Crippen LogP contribution in [0.3, 0.4) is 0 Å². The molecule has 1 aliphatic heterocycles. The van der Waals surface area contributed by atoms with Crippen LogP contribution in [0.2, 0.25) is 0 Å². The number of aryl methyl sites for hydroxylation is 1. The van der Waals surface area contributed by atoms with Gasteiger partial charge in [-0.05, 0) is 36.0 Å². The molecule has 1 aliphatic carbocycles. The Morgan fingerprint density at radius 2 is 1.86 bits per heavy atom. The zero-order valence-corrected chi connectivity index (χ0v) is 16.3. The van der Waals surface area contributed by atoms with Crippen LogP contribution >= 0.6 is 0 Å². The van der Waals surface area contributed by atoms with E-state index in [2.05, 4.69) is 17.4 Å². The molecule has 29 heavy (non-hydrogen) atoms. The summed E-state index contributed by atoms with van der Waals surface area (Å²) in [7, 11) is 0. The van der Waals surface area contributed by atoms with Crippen LogP contribution in [0.1, 0.15) is 42.0 Å². The van der Waals surface area contributed by atoms with E-state index < -0.39 is 18.2 Å². The lowest BCUT2D eigenvalue weighted by Crippen LogP contribution is -2.47. The summed E-state index contributed by atoms with van der Waals surface area (Å²) >= 11 is 0. The smallest absolute Gasteiger partial charge is 0.410 e. The molecule has 3 atom stereocenters. The van der Waals surface area contributed by atoms with E-state index in [0.29, 0.717) is 0 Å². The molecular formula is C23H26N2O4. The minimum Gasteiger partial charge on any atom is -0.445 e. The van der Waals surface area contributed by atoms with Gasteiger partial charge >= 0.3 is 6.09 Å². The Kier molecular flexibility index (Phi) is 5.81. The number of carbonyl (C=O) groups is 2. The van der Waals surface area contributed by atoms with E-state index in [-0.39, 0.29) is 31.5 Å². The van der Waals surface area contributed by atoms with Gasteiger partial charge in [-0.1, -0.05) is 54.6 Å². The van der Waals surface area contributed by atoms with Crippen LogP contribution in [0.5, 0.6) is 0 Å². The minimum absolute atomic E-state index is 0.0626. The Morgan fingerprint density at radius 3 is 2.69 bits per heavy atom. The van der Waals surface area contributed by atoms with Gasteiger partial charge in [0, 0.05) is 6.42 Å². The predicted molar refractivity (Wildman–Crippen MR) is 108 cm³/mol. The Bertz CT molecular complexity index is 870. The lowest BCUT2D eigenvalue weighted by atomic mass is 9.87. The van der Waals surface area contributed by atoms with Crippen molar-refractivity contribution in [2.75, 3.05) is 6.54 Å². The molecule has 1 fully saturated rings. The highest BCUT2D eigenvalue weighted by Gasteiger charge is 2.40. The average molecular weight is 394 g/mol. The molecule has 2 aromatic rings. The molecule has 0 spiro atoms. The summed E-state index contributed by atoms with van der Waals surface area (Å²) < 4.78 is 5.38. The van der Waals surface area contributed by atoms with Gasteiger partial charge in [-0.15, -0.1) is 0 Å². The standard InChI is InChI=1S/C23H26N2O4/c26-18-13-21(25(14-18)23(28)29-15-16-7-2-1-3-8-16)22(27)24-20-12-6-10-17-9-4-5-11-19(17)20/h1-5,7-9,11,18,20-21,26H,6,10,12-15H2,(H,24,27)/t18?,20?,21-/m1/s1. The van der Waals surface area contributed by atoms with Crippen molar-refractivity contribution in [3.05, 3.63) is 71.3 Å². The highest BCUT2D eigenvalue weighted by atomic mass is 16.6. The molecule has 0 radical (unpaired) electrons. The predicted octanol–water partition coefficient (Wildman–Crippen LogP) is 2.95. The van der Waals surface area contributed by atoms with E-state index in [1.54, 1.807) is 0 Å². The second-order valence-electron chi connectivity index (χ2n) is 7.75. The third-order valence-corrected chi connectivity index (χ3v) is 5.71. The molecule has 152 valence electrons. The molecular weight excluding hydrogens is 368 g/mol. The largest absolute Gasteiger partial charge is 0.445 e. The number of hydrogen-bond donors (Lipinski definition) is 2. The Morgan fingerprint density at radius 1 is 1.10 bits per heavy atom. The van der Waals surface area contributed by atoms with Crippen LogP contribution in [-0.2, 0) is 22.6 Å². The van der Waals surface area contributed by atoms with Crippen molar-refractivity contribution in [1.29, 1.82) is 0 Å². The van der Waals surface area contributed by atoms with Crippen molar-refractivity contribution in [2.24, 2.45) is 0 Å². The van der Waals surface area contributed by atoms with Gasteiger partial charge in [-0.2, -0.15) is 0 Å². The maximum Gasteiger partial charge on any atom is 0.410 e. The van der Waals surface area contributed by atoms with Crippen molar-refractivity contribution < 1.29 is 19.4 Å². The number of aliphatic hydroxyl groups is 1. The monoisotopic (exact) mass is 394 g/mol. The minimum atomic E-state index is -0.728. The number of benzene rings is 2. The zero-order chi connectivity index (χ0) is 20.2. The van der Waals surface area contributed by atoms with Gasteiger partial charge in [0.2, 0.25) is 5.91 Å². The van der Waals surface area contributed by atoms with Gasteiger partial charge in [0.05, 0.1) is 18.7 Å². The maximum absolute atomic E-state index is 13.0. The van der Waals surface area contributed by atoms with Crippen LogP contribution in [0.25, 0.3) is 0 Å². The number of nitrogens with zero attached hydrogens (tertiary/aromatic N) is 1. The summed E-state index contributed by atoms with van der Waals surface area (Å²) in [6.45, 7) is 0.240. The number of rotatable bonds is 4. The summed E-state index contributed by atoms with van der Waals surface area (Å²) in [4.78, 5) is 26.9. The third-order valence-electron chi connectivity index (χ3n) is 5.71. The first kappa shape index (κ1) is 19.5. The number of aliphatic hydroxyl groups excluding tert-OH is 1. The molecule has 2 amide bonds. The first-order valence-corrected chi connectivity index (χ1v) is 10.2. The fourth-order valence-corrected chi connectivity index (χ4v) is 4.24. The van der Waals surface area contributed by atoms with Crippen LogP contribution in [0, 0.1) is 0 Å². The van der Waals surface area contributed by atoms with Crippen LogP contribution < -0.4 is 5.32 Å². The number of fused-ring (bicyclic) bond motifs is 1. The topological polar surface area (TPSA) is 78.9 Å². The van der Waals surface area contributed by atoms with Crippen molar-refractivity contribution in [3.63, 3.8) is 0 Å². The van der Waals surface area contributed by atoms with E-state index in [1.165, 1.54) is 10.5 Å². The normalized spacial score (nSPS) is 23.3. The molecule has 2 aliphatic rings. The second-order valence-corrected chi connectivity index (χ2v) is 7.75. The fourth-order valence-electron chi connectivity index (χ4n) is 4.24. The van der Waals surface area contributed by atoms with E-state index in [4.69, 9.17) is 4.74 Å². The van der Waals surface area contributed by atoms with Gasteiger partial charge in [0.15, 0.2) is 0 Å². The number of nitrogens with one attached hydrogen (secondary N) is 1. The molecule has 0 aromatic heterocycles. The Labute approximate surface area is 170 Å². The second kappa shape index (κ2) is 8.66. The highest BCUT2D eigenvalue weighted by molar-refractivity contribution is 5.86. The Hall–Kier alpha value is -2.86. The van der Waals surface area contributed by atoms with Crippen molar-refractivity contribution in [1.82, 2.24) is 10.2 Å². The van der Waals surface area contributed by atoms with Gasteiger partial charge in [-0.3, -0.25) is 9.69 Å². The molecule has 2 aromatic carbocycles. The van der Waals surface area contributed by atoms with Gasteiger partial charge < -0.3 is 15.2 Å². The quantitative estimate of drug-likeness (QED) is 0.836. The molecule has 2 N–H and O–H groups in total.